The number of hydrogen-bond acceptors (Lipinski definition) is 2. The Morgan fingerprint density at radius 1 is 1.05 bits per heavy atom. The standard InChI is InChI=1S/C14H11F4NO/c15-10-5-4-9(13(16)6-10)8-19-11-2-1-3-12(7-11)20-14(17)18/h1-7,14,19H,8H2. The van der Waals surface area contributed by atoms with Gasteiger partial charge in [-0.25, -0.2) is 8.78 Å². The number of hydrogen-bond donors (Lipinski definition) is 1. The highest BCUT2D eigenvalue weighted by molar-refractivity contribution is 5.48. The lowest BCUT2D eigenvalue weighted by atomic mass is 10.2. The molecule has 1 N–H and O–H groups in total. The SMILES string of the molecule is Fc1ccc(CNc2cccc(OC(F)F)c2)c(F)c1. The van der Waals surface area contributed by atoms with Crippen molar-refractivity contribution in [1.82, 2.24) is 0 Å². The Labute approximate surface area is 113 Å². The van der Waals surface area contributed by atoms with Crippen LogP contribution in [0.3, 0.4) is 0 Å². The van der Waals surface area contributed by atoms with Gasteiger partial charge in [0.25, 0.3) is 0 Å². The maximum Gasteiger partial charge on any atom is 0.387 e. The monoisotopic (exact) mass is 285 g/mol. The summed E-state index contributed by atoms with van der Waals surface area (Å²) in [4.78, 5) is 0. The van der Waals surface area contributed by atoms with Crippen LogP contribution in [0.2, 0.25) is 0 Å². The molecule has 0 unspecified atom stereocenters. The van der Waals surface area contributed by atoms with Crippen molar-refractivity contribution in [2.75, 3.05) is 5.32 Å². The van der Waals surface area contributed by atoms with Crippen molar-refractivity contribution in [3.05, 3.63) is 59.7 Å². The van der Waals surface area contributed by atoms with E-state index in [-0.39, 0.29) is 17.9 Å². The van der Waals surface area contributed by atoms with Crippen LogP contribution < -0.4 is 10.1 Å². The number of ether oxygens (including phenoxy) is 1. The average Bonchev–Trinajstić information content (AvgIpc) is 2.37. The highest BCUT2D eigenvalue weighted by Crippen LogP contribution is 2.20. The van der Waals surface area contributed by atoms with Gasteiger partial charge in [0.2, 0.25) is 0 Å². The van der Waals surface area contributed by atoms with Gasteiger partial charge >= 0.3 is 6.61 Å². The molecule has 0 aliphatic heterocycles. The van der Waals surface area contributed by atoms with Crippen LogP contribution in [0.15, 0.2) is 42.5 Å². The molecule has 2 nitrogen and oxygen atoms in total. The Bertz CT molecular complexity index is 589. The van der Waals surface area contributed by atoms with Gasteiger partial charge in [-0.1, -0.05) is 12.1 Å². The van der Waals surface area contributed by atoms with E-state index in [1.54, 1.807) is 6.07 Å². The molecule has 0 aliphatic rings. The fraction of sp³-hybridized carbons (Fsp3) is 0.143. The van der Waals surface area contributed by atoms with Crippen molar-refractivity contribution in [2.24, 2.45) is 0 Å². The summed E-state index contributed by atoms with van der Waals surface area (Å²) in [6.07, 6.45) is 0. The predicted molar refractivity (Wildman–Crippen MR) is 66.8 cm³/mol. The van der Waals surface area contributed by atoms with Gasteiger partial charge in [0, 0.05) is 29.9 Å². The Morgan fingerprint density at radius 3 is 2.55 bits per heavy atom. The highest BCUT2D eigenvalue weighted by atomic mass is 19.3. The zero-order valence-corrected chi connectivity index (χ0v) is 10.2. The van der Waals surface area contributed by atoms with Crippen LogP contribution in [-0.2, 0) is 6.54 Å². The van der Waals surface area contributed by atoms with Gasteiger partial charge in [-0.05, 0) is 18.2 Å². The van der Waals surface area contributed by atoms with E-state index >= 15 is 0 Å². The molecule has 2 aromatic rings. The first kappa shape index (κ1) is 14.2. The molecule has 0 fully saturated rings. The molecule has 6 heteroatoms. The lowest BCUT2D eigenvalue weighted by molar-refractivity contribution is -0.0498. The zero-order chi connectivity index (χ0) is 14.5. The van der Waals surface area contributed by atoms with Gasteiger partial charge in [-0.2, -0.15) is 8.78 Å². The van der Waals surface area contributed by atoms with Gasteiger partial charge < -0.3 is 10.1 Å². The lowest BCUT2D eigenvalue weighted by Crippen LogP contribution is -2.04. The molecular formula is C14H11F4NO. The summed E-state index contributed by atoms with van der Waals surface area (Å²) in [5, 5.41) is 2.85. The second-order valence-corrected chi connectivity index (χ2v) is 4.00. The van der Waals surface area contributed by atoms with E-state index in [0.717, 1.165) is 12.1 Å². The van der Waals surface area contributed by atoms with Gasteiger partial charge in [-0.3, -0.25) is 0 Å². The Morgan fingerprint density at radius 2 is 1.85 bits per heavy atom. The molecule has 0 amide bonds. The van der Waals surface area contributed by atoms with Crippen LogP contribution in [0.25, 0.3) is 0 Å². The summed E-state index contributed by atoms with van der Waals surface area (Å²) in [6, 6.07) is 9.16. The minimum absolute atomic E-state index is 0.00424. The predicted octanol–water partition coefficient (Wildman–Crippen LogP) is 4.18. The highest BCUT2D eigenvalue weighted by Gasteiger charge is 2.06. The Balaban J connectivity index is 2.03. The molecule has 20 heavy (non-hydrogen) atoms. The van der Waals surface area contributed by atoms with E-state index in [0.29, 0.717) is 5.69 Å². The van der Waals surface area contributed by atoms with E-state index in [4.69, 9.17) is 0 Å². The fourth-order valence-electron chi connectivity index (χ4n) is 1.64. The van der Waals surface area contributed by atoms with Crippen LogP contribution in [0.4, 0.5) is 23.2 Å². The molecule has 0 atom stereocenters. The quantitative estimate of drug-likeness (QED) is 0.832. The summed E-state index contributed by atoms with van der Waals surface area (Å²) >= 11 is 0. The van der Waals surface area contributed by atoms with Gasteiger partial charge in [0.1, 0.15) is 17.4 Å². The minimum Gasteiger partial charge on any atom is -0.435 e. The third-order valence-electron chi connectivity index (χ3n) is 2.56. The number of nitrogens with one attached hydrogen (secondary N) is 1. The molecule has 0 heterocycles. The largest absolute Gasteiger partial charge is 0.435 e. The van der Waals surface area contributed by atoms with E-state index in [2.05, 4.69) is 10.1 Å². The summed E-state index contributed by atoms with van der Waals surface area (Å²) in [6.45, 7) is -2.80. The molecule has 106 valence electrons. The van der Waals surface area contributed by atoms with Crippen LogP contribution in [0.5, 0.6) is 5.75 Å². The average molecular weight is 285 g/mol. The van der Waals surface area contributed by atoms with Crippen molar-refractivity contribution >= 4 is 5.69 Å². The lowest BCUT2D eigenvalue weighted by Gasteiger charge is -2.10. The minimum atomic E-state index is -2.90. The summed E-state index contributed by atoms with van der Waals surface area (Å²) in [7, 11) is 0. The molecular weight excluding hydrogens is 274 g/mol. The fourth-order valence-corrected chi connectivity index (χ4v) is 1.64. The summed E-state index contributed by atoms with van der Waals surface area (Å²) in [5.74, 6) is -1.32. The van der Waals surface area contributed by atoms with Crippen LogP contribution in [0.1, 0.15) is 5.56 Å². The normalized spacial score (nSPS) is 10.7. The maximum absolute atomic E-state index is 13.4. The third-order valence-corrected chi connectivity index (χ3v) is 2.56. The van der Waals surface area contributed by atoms with E-state index in [1.807, 2.05) is 0 Å². The molecule has 2 rings (SSSR count). The summed E-state index contributed by atoms with van der Waals surface area (Å²) in [5.41, 5.74) is 0.762. The maximum atomic E-state index is 13.4. The molecule has 0 bridgehead atoms. The van der Waals surface area contributed by atoms with E-state index < -0.39 is 18.2 Å². The number of anilines is 1. The van der Waals surface area contributed by atoms with Gasteiger partial charge in [-0.15, -0.1) is 0 Å². The van der Waals surface area contributed by atoms with Crippen LogP contribution in [0, 0.1) is 11.6 Å². The number of alkyl halides is 2. The first-order chi connectivity index (χ1) is 9.54. The van der Waals surface area contributed by atoms with Gasteiger partial charge in [0.15, 0.2) is 0 Å². The van der Waals surface area contributed by atoms with Crippen molar-refractivity contribution in [2.45, 2.75) is 13.2 Å². The second-order valence-electron chi connectivity index (χ2n) is 4.00. The van der Waals surface area contributed by atoms with Crippen molar-refractivity contribution in [3.63, 3.8) is 0 Å². The zero-order valence-electron chi connectivity index (χ0n) is 10.2. The van der Waals surface area contributed by atoms with Gasteiger partial charge in [0.05, 0.1) is 0 Å². The molecule has 0 aromatic heterocycles. The smallest absolute Gasteiger partial charge is 0.387 e. The van der Waals surface area contributed by atoms with Crippen molar-refractivity contribution < 1.29 is 22.3 Å². The Kier molecular flexibility index (Phi) is 4.45. The number of halogens is 4. The Hall–Kier alpha value is -2.24. The first-order valence-electron chi connectivity index (χ1n) is 5.77. The first-order valence-corrected chi connectivity index (χ1v) is 5.77. The molecule has 2 aromatic carbocycles. The van der Waals surface area contributed by atoms with E-state index in [1.165, 1.54) is 24.3 Å². The van der Waals surface area contributed by atoms with Crippen LogP contribution in [-0.4, -0.2) is 6.61 Å². The number of benzene rings is 2. The second kappa shape index (κ2) is 6.27. The van der Waals surface area contributed by atoms with E-state index in [9.17, 15) is 17.6 Å². The van der Waals surface area contributed by atoms with Crippen LogP contribution >= 0.6 is 0 Å². The summed E-state index contributed by atoms with van der Waals surface area (Å²) < 4.78 is 54.5. The topological polar surface area (TPSA) is 21.3 Å². The van der Waals surface area contributed by atoms with Crippen molar-refractivity contribution in [3.8, 4) is 5.75 Å². The van der Waals surface area contributed by atoms with Crippen molar-refractivity contribution in [1.29, 1.82) is 0 Å². The molecule has 0 saturated carbocycles. The molecule has 0 radical (unpaired) electrons. The molecule has 0 aliphatic carbocycles. The number of rotatable bonds is 5. The third kappa shape index (κ3) is 3.88. The molecule has 0 saturated heterocycles. The molecule has 0 spiro atoms.